The maximum Gasteiger partial charge on any atom is 0.416 e. The van der Waals surface area contributed by atoms with E-state index in [0.29, 0.717) is 28.1 Å². The first kappa shape index (κ1) is 21.4. The molecule has 2 N–H and O–H groups in total. The van der Waals surface area contributed by atoms with E-state index in [4.69, 9.17) is 0 Å². The van der Waals surface area contributed by atoms with Crippen molar-refractivity contribution in [3.8, 4) is 22.5 Å². The second-order valence-corrected chi connectivity index (χ2v) is 7.67. The summed E-state index contributed by atoms with van der Waals surface area (Å²) in [5.74, 6) is 0.205. The number of carbonyl (C=O) groups is 1. The molecule has 0 atom stereocenters. The van der Waals surface area contributed by atoms with Crippen molar-refractivity contribution in [1.82, 2.24) is 15.0 Å². The Kier molecular flexibility index (Phi) is 5.33. The molecule has 2 heterocycles. The molecule has 5 aromatic rings. The van der Waals surface area contributed by atoms with E-state index in [2.05, 4.69) is 20.3 Å². The van der Waals surface area contributed by atoms with Crippen molar-refractivity contribution in [3.63, 3.8) is 0 Å². The van der Waals surface area contributed by atoms with Gasteiger partial charge in [-0.2, -0.15) is 13.2 Å². The molecule has 8 heteroatoms. The van der Waals surface area contributed by atoms with E-state index >= 15 is 0 Å². The maximum absolute atomic E-state index is 13.0. The van der Waals surface area contributed by atoms with Gasteiger partial charge < -0.3 is 10.3 Å². The summed E-state index contributed by atoms with van der Waals surface area (Å²) in [4.78, 5) is 23.8. The standard InChI is InChI=1S/C26H17F3N4O/c27-26(28,29)20-9-10-22-23(14-20)33-24(32-22)18-6-1-4-16(12-18)17-5-2-8-21(13-17)31-25(34)19-7-3-11-30-15-19/h1-15H,(H,31,34)(H,32,33). The minimum atomic E-state index is -4.42. The van der Waals surface area contributed by atoms with Crippen LogP contribution in [0.4, 0.5) is 18.9 Å². The summed E-state index contributed by atoms with van der Waals surface area (Å²) in [7, 11) is 0. The fourth-order valence-corrected chi connectivity index (χ4v) is 3.65. The predicted molar refractivity (Wildman–Crippen MR) is 124 cm³/mol. The summed E-state index contributed by atoms with van der Waals surface area (Å²) in [6.07, 6.45) is -1.33. The highest BCUT2D eigenvalue weighted by Gasteiger charge is 2.30. The highest BCUT2D eigenvalue weighted by molar-refractivity contribution is 6.04. The van der Waals surface area contributed by atoms with Gasteiger partial charge in [0.15, 0.2) is 0 Å². The van der Waals surface area contributed by atoms with Crippen LogP contribution in [0, 0.1) is 0 Å². The molecule has 0 unspecified atom stereocenters. The molecule has 3 aromatic carbocycles. The Bertz CT molecular complexity index is 1490. The van der Waals surface area contributed by atoms with Crippen molar-refractivity contribution in [2.45, 2.75) is 6.18 Å². The molecule has 2 aromatic heterocycles. The molecule has 34 heavy (non-hydrogen) atoms. The lowest BCUT2D eigenvalue weighted by atomic mass is 10.0. The summed E-state index contributed by atoms with van der Waals surface area (Å²) in [6, 6.07) is 21.7. The average molecular weight is 458 g/mol. The molecule has 0 aliphatic heterocycles. The first-order valence-corrected chi connectivity index (χ1v) is 10.4. The summed E-state index contributed by atoms with van der Waals surface area (Å²) >= 11 is 0. The van der Waals surface area contributed by atoms with Crippen molar-refractivity contribution in [3.05, 3.63) is 102 Å². The quantitative estimate of drug-likeness (QED) is 0.320. The number of alkyl halides is 3. The molecule has 0 fully saturated rings. The maximum atomic E-state index is 13.0. The number of aromatic nitrogens is 3. The largest absolute Gasteiger partial charge is 0.416 e. The van der Waals surface area contributed by atoms with Crippen LogP contribution in [0.25, 0.3) is 33.5 Å². The Morgan fingerprint density at radius 3 is 2.38 bits per heavy atom. The Morgan fingerprint density at radius 1 is 0.853 bits per heavy atom. The number of imidazole rings is 1. The smallest absolute Gasteiger partial charge is 0.338 e. The summed E-state index contributed by atoms with van der Waals surface area (Å²) < 4.78 is 39.1. The fraction of sp³-hybridized carbons (Fsp3) is 0.0385. The van der Waals surface area contributed by atoms with Gasteiger partial charge in [0.05, 0.1) is 22.2 Å². The summed E-state index contributed by atoms with van der Waals surface area (Å²) in [5, 5.41) is 2.86. The first-order valence-electron chi connectivity index (χ1n) is 10.4. The van der Waals surface area contributed by atoms with Crippen molar-refractivity contribution < 1.29 is 18.0 Å². The van der Waals surface area contributed by atoms with E-state index in [-0.39, 0.29) is 5.91 Å². The van der Waals surface area contributed by atoms with Gasteiger partial charge in [-0.25, -0.2) is 4.98 Å². The van der Waals surface area contributed by atoms with E-state index in [1.807, 2.05) is 42.5 Å². The molecule has 0 saturated carbocycles. The minimum absolute atomic E-state index is 0.264. The molecule has 0 aliphatic carbocycles. The lowest BCUT2D eigenvalue weighted by molar-refractivity contribution is -0.137. The zero-order valence-corrected chi connectivity index (χ0v) is 17.6. The number of carbonyl (C=O) groups excluding carboxylic acids is 1. The second-order valence-electron chi connectivity index (χ2n) is 7.67. The van der Waals surface area contributed by atoms with Crippen molar-refractivity contribution in [2.24, 2.45) is 0 Å². The number of halogens is 3. The Morgan fingerprint density at radius 2 is 1.62 bits per heavy atom. The third kappa shape index (κ3) is 4.38. The number of aromatic amines is 1. The topological polar surface area (TPSA) is 70.7 Å². The molecule has 0 bridgehead atoms. The van der Waals surface area contributed by atoms with E-state index < -0.39 is 11.7 Å². The highest BCUT2D eigenvalue weighted by atomic mass is 19.4. The molecule has 0 spiro atoms. The molecule has 0 saturated heterocycles. The number of hydrogen-bond acceptors (Lipinski definition) is 3. The van der Waals surface area contributed by atoms with Crippen LogP contribution in [-0.2, 0) is 6.18 Å². The lowest BCUT2D eigenvalue weighted by Crippen LogP contribution is -2.11. The lowest BCUT2D eigenvalue weighted by Gasteiger charge is -2.08. The van der Waals surface area contributed by atoms with Gasteiger partial charge >= 0.3 is 6.18 Å². The summed E-state index contributed by atoms with van der Waals surface area (Å²) in [6.45, 7) is 0. The number of pyridine rings is 1. The number of H-pyrrole nitrogens is 1. The SMILES string of the molecule is O=C(Nc1cccc(-c2cccc(-c3nc4ccc(C(F)(F)F)cc4[nH]3)c2)c1)c1cccnc1. The number of anilines is 1. The summed E-state index contributed by atoms with van der Waals surface area (Å²) in [5.41, 5.74) is 3.58. The monoisotopic (exact) mass is 458 g/mol. The Labute approximate surface area is 192 Å². The van der Waals surface area contributed by atoms with Gasteiger partial charge in [-0.05, 0) is 59.7 Å². The van der Waals surface area contributed by atoms with Crippen LogP contribution in [-0.4, -0.2) is 20.9 Å². The predicted octanol–water partition coefficient (Wildman–Crippen LogP) is 6.56. The highest BCUT2D eigenvalue weighted by Crippen LogP contribution is 2.32. The van der Waals surface area contributed by atoms with Crippen molar-refractivity contribution in [2.75, 3.05) is 5.32 Å². The number of hydrogen-bond donors (Lipinski definition) is 2. The van der Waals surface area contributed by atoms with E-state index in [9.17, 15) is 18.0 Å². The molecular weight excluding hydrogens is 441 g/mol. The molecule has 5 nitrogen and oxygen atoms in total. The number of nitrogens with one attached hydrogen (secondary N) is 2. The second kappa shape index (κ2) is 8.47. The minimum Gasteiger partial charge on any atom is -0.338 e. The van der Waals surface area contributed by atoms with Gasteiger partial charge in [0.1, 0.15) is 5.82 Å². The molecule has 1 amide bonds. The van der Waals surface area contributed by atoms with Crippen molar-refractivity contribution in [1.29, 1.82) is 0 Å². The number of rotatable bonds is 4. The van der Waals surface area contributed by atoms with Crippen molar-refractivity contribution >= 4 is 22.6 Å². The average Bonchev–Trinajstić information content (AvgIpc) is 3.28. The molecular formula is C26H17F3N4O. The van der Waals surface area contributed by atoms with Gasteiger partial charge in [0.2, 0.25) is 0 Å². The van der Waals surface area contributed by atoms with Crippen LogP contribution in [0.2, 0.25) is 0 Å². The molecule has 0 aliphatic rings. The van der Waals surface area contributed by atoms with Crippen LogP contribution in [0.3, 0.4) is 0 Å². The van der Waals surface area contributed by atoms with Crippen LogP contribution in [0.15, 0.2) is 91.3 Å². The van der Waals surface area contributed by atoms with Gasteiger partial charge in [0, 0.05) is 23.6 Å². The number of fused-ring (bicyclic) bond motifs is 1. The van der Waals surface area contributed by atoms with Gasteiger partial charge in [-0.3, -0.25) is 9.78 Å². The number of amides is 1. The zero-order chi connectivity index (χ0) is 23.7. The van der Waals surface area contributed by atoms with Crippen LogP contribution in [0.5, 0.6) is 0 Å². The first-order chi connectivity index (χ1) is 16.4. The third-order valence-corrected chi connectivity index (χ3v) is 5.32. The van der Waals surface area contributed by atoms with Crippen LogP contribution >= 0.6 is 0 Å². The zero-order valence-electron chi connectivity index (χ0n) is 17.6. The Balaban J connectivity index is 1.43. The number of benzene rings is 3. The van der Waals surface area contributed by atoms with Crippen LogP contribution in [0.1, 0.15) is 15.9 Å². The van der Waals surface area contributed by atoms with E-state index in [1.54, 1.807) is 24.4 Å². The van der Waals surface area contributed by atoms with E-state index in [0.717, 1.165) is 28.8 Å². The molecule has 168 valence electrons. The Hall–Kier alpha value is -4.46. The van der Waals surface area contributed by atoms with Gasteiger partial charge in [-0.15, -0.1) is 0 Å². The van der Waals surface area contributed by atoms with E-state index in [1.165, 1.54) is 12.3 Å². The normalized spacial score (nSPS) is 11.5. The third-order valence-electron chi connectivity index (χ3n) is 5.32. The molecule has 0 radical (unpaired) electrons. The van der Waals surface area contributed by atoms with Gasteiger partial charge in [-0.1, -0.05) is 30.3 Å². The molecule has 5 rings (SSSR count). The fourth-order valence-electron chi connectivity index (χ4n) is 3.65. The van der Waals surface area contributed by atoms with Crippen LogP contribution < -0.4 is 5.32 Å². The number of nitrogens with zero attached hydrogens (tertiary/aromatic N) is 2. The van der Waals surface area contributed by atoms with Gasteiger partial charge in [0.25, 0.3) is 5.91 Å².